The van der Waals surface area contributed by atoms with Gasteiger partial charge in [-0.15, -0.1) is 0 Å². The molecule has 0 spiro atoms. The zero-order valence-electron chi connectivity index (χ0n) is 17.8. The van der Waals surface area contributed by atoms with Crippen LogP contribution in [0, 0.1) is 17.3 Å². The standard InChI is InChI=1S/C24H33N3O2/c1-17-6-5-8-24(2)15-21-18(14-20(17)24)19(23(28)29-21)16-26-10-12-27(13-11-26)22-7-3-4-9-25-22/h3-4,7,9,18-19,21H,5-6,8,10-16H2,1-2H3. The number of aromatic nitrogens is 1. The Morgan fingerprint density at radius 3 is 2.83 bits per heavy atom. The molecule has 1 aromatic heterocycles. The summed E-state index contributed by atoms with van der Waals surface area (Å²) >= 11 is 0. The summed E-state index contributed by atoms with van der Waals surface area (Å²) in [7, 11) is 0. The van der Waals surface area contributed by atoms with E-state index in [4.69, 9.17) is 4.74 Å². The van der Waals surface area contributed by atoms with E-state index in [9.17, 15) is 4.79 Å². The van der Waals surface area contributed by atoms with Crippen molar-refractivity contribution < 1.29 is 9.53 Å². The zero-order valence-corrected chi connectivity index (χ0v) is 17.8. The van der Waals surface area contributed by atoms with Crippen LogP contribution in [0.5, 0.6) is 0 Å². The van der Waals surface area contributed by atoms with E-state index >= 15 is 0 Å². The van der Waals surface area contributed by atoms with Crippen molar-refractivity contribution in [2.45, 2.75) is 52.1 Å². The van der Waals surface area contributed by atoms with Crippen LogP contribution in [0.15, 0.2) is 35.5 Å². The molecule has 0 bridgehead atoms. The third kappa shape index (κ3) is 3.48. The third-order valence-corrected chi connectivity index (χ3v) is 7.98. The van der Waals surface area contributed by atoms with Gasteiger partial charge in [0, 0.05) is 44.8 Å². The zero-order chi connectivity index (χ0) is 20.0. The molecule has 5 nitrogen and oxygen atoms in total. The molecule has 4 aliphatic rings. The van der Waals surface area contributed by atoms with E-state index in [2.05, 4.69) is 34.7 Å². The van der Waals surface area contributed by atoms with E-state index in [-0.39, 0.29) is 23.4 Å². The topological polar surface area (TPSA) is 45.7 Å². The highest BCUT2D eigenvalue weighted by molar-refractivity contribution is 5.76. The highest BCUT2D eigenvalue weighted by Crippen LogP contribution is 2.55. The lowest BCUT2D eigenvalue weighted by molar-refractivity contribution is -0.145. The van der Waals surface area contributed by atoms with Gasteiger partial charge in [0.2, 0.25) is 0 Å². The number of esters is 1. The summed E-state index contributed by atoms with van der Waals surface area (Å²) in [5.74, 6) is 1.51. The fraction of sp³-hybridized carbons (Fsp3) is 0.667. The Morgan fingerprint density at radius 1 is 1.24 bits per heavy atom. The molecule has 0 amide bonds. The Hall–Kier alpha value is -1.88. The van der Waals surface area contributed by atoms with Gasteiger partial charge in [-0.1, -0.05) is 24.1 Å². The SMILES string of the molecule is CC1=C2CC3C(CC2(C)CCC1)OC(=O)C3CN1CCN(c2ccccn2)CC1. The first-order valence-electron chi connectivity index (χ1n) is 11.3. The maximum Gasteiger partial charge on any atom is 0.310 e. The van der Waals surface area contributed by atoms with Crippen molar-refractivity contribution in [2.75, 3.05) is 37.6 Å². The molecule has 0 N–H and O–H groups in total. The molecule has 4 unspecified atom stereocenters. The number of fused-ring (bicyclic) bond motifs is 2. The molecule has 0 aromatic carbocycles. The van der Waals surface area contributed by atoms with E-state index in [0.717, 1.165) is 51.4 Å². The summed E-state index contributed by atoms with van der Waals surface area (Å²) in [5, 5.41) is 0. The molecular formula is C24H33N3O2. The first-order chi connectivity index (χ1) is 14.0. The van der Waals surface area contributed by atoms with Crippen molar-refractivity contribution >= 4 is 11.8 Å². The predicted molar refractivity (Wildman–Crippen MR) is 114 cm³/mol. The Labute approximate surface area is 174 Å². The molecule has 3 heterocycles. The number of ether oxygens (including phenoxy) is 1. The predicted octanol–water partition coefficient (Wildman–Crippen LogP) is 3.66. The maximum absolute atomic E-state index is 12.8. The van der Waals surface area contributed by atoms with E-state index in [1.54, 1.807) is 11.1 Å². The molecule has 2 aliphatic carbocycles. The lowest BCUT2D eigenvalue weighted by Gasteiger charge is -2.46. The van der Waals surface area contributed by atoms with Gasteiger partial charge in [-0.25, -0.2) is 4.98 Å². The maximum atomic E-state index is 12.8. The first kappa shape index (κ1) is 19.1. The molecule has 4 atom stereocenters. The second-order valence-corrected chi connectivity index (χ2v) is 9.80. The lowest BCUT2D eigenvalue weighted by Crippen LogP contribution is -2.49. The van der Waals surface area contributed by atoms with E-state index in [1.807, 2.05) is 18.3 Å². The Bertz CT molecular complexity index is 800. The summed E-state index contributed by atoms with van der Waals surface area (Å²) in [5.41, 5.74) is 3.49. The number of rotatable bonds is 3. The molecule has 5 heteroatoms. The smallest absolute Gasteiger partial charge is 0.310 e. The van der Waals surface area contributed by atoms with Gasteiger partial charge in [0.1, 0.15) is 11.9 Å². The summed E-state index contributed by atoms with van der Waals surface area (Å²) in [6.07, 6.45) is 7.84. The van der Waals surface area contributed by atoms with Gasteiger partial charge in [0.15, 0.2) is 0 Å². The molecule has 0 radical (unpaired) electrons. The molecule has 29 heavy (non-hydrogen) atoms. The lowest BCUT2D eigenvalue weighted by atomic mass is 9.59. The van der Waals surface area contributed by atoms with Gasteiger partial charge in [0.25, 0.3) is 0 Å². The number of hydrogen-bond donors (Lipinski definition) is 0. The first-order valence-corrected chi connectivity index (χ1v) is 11.3. The Morgan fingerprint density at radius 2 is 2.07 bits per heavy atom. The van der Waals surface area contributed by atoms with Crippen LogP contribution in [-0.2, 0) is 9.53 Å². The number of allylic oxidation sites excluding steroid dienone is 2. The number of carbonyl (C=O) groups excluding carboxylic acids is 1. The minimum absolute atomic E-state index is 0.0353. The number of anilines is 1. The van der Waals surface area contributed by atoms with Crippen LogP contribution in [0.25, 0.3) is 0 Å². The van der Waals surface area contributed by atoms with Crippen LogP contribution in [-0.4, -0.2) is 54.7 Å². The summed E-state index contributed by atoms with van der Waals surface area (Å²) in [6, 6.07) is 6.08. The number of pyridine rings is 1. The molecule has 1 aromatic rings. The van der Waals surface area contributed by atoms with Crippen molar-refractivity contribution in [1.82, 2.24) is 9.88 Å². The van der Waals surface area contributed by atoms with Crippen LogP contribution in [0.4, 0.5) is 5.82 Å². The van der Waals surface area contributed by atoms with Gasteiger partial charge in [-0.05, 0) is 56.6 Å². The van der Waals surface area contributed by atoms with E-state index in [1.165, 1.54) is 19.3 Å². The van der Waals surface area contributed by atoms with Crippen molar-refractivity contribution in [3.63, 3.8) is 0 Å². The fourth-order valence-electron chi connectivity index (χ4n) is 6.30. The average molecular weight is 396 g/mol. The van der Waals surface area contributed by atoms with Crippen LogP contribution in [0.1, 0.15) is 46.0 Å². The van der Waals surface area contributed by atoms with Crippen LogP contribution in [0.3, 0.4) is 0 Å². The Balaban J connectivity index is 1.25. The van der Waals surface area contributed by atoms with Crippen LogP contribution >= 0.6 is 0 Å². The van der Waals surface area contributed by atoms with Gasteiger partial charge in [0.05, 0.1) is 5.92 Å². The largest absolute Gasteiger partial charge is 0.462 e. The summed E-state index contributed by atoms with van der Waals surface area (Å²) in [4.78, 5) is 22.1. The van der Waals surface area contributed by atoms with Gasteiger partial charge in [-0.2, -0.15) is 0 Å². The fourth-order valence-corrected chi connectivity index (χ4v) is 6.30. The number of hydrogen-bond acceptors (Lipinski definition) is 5. The van der Waals surface area contributed by atoms with Gasteiger partial charge >= 0.3 is 5.97 Å². The van der Waals surface area contributed by atoms with Gasteiger partial charge in [-0.3, -0.25) is 9.69 Å². The molecular weight excluding hydrogens is 362 g/mol. The summed E-state index contributed by atoms with van der Waals surface area (Å²) < 4.78 is 5.95. The highest BCUT2D eigenvalue weighted by Gasteiger charge is 2.53. The summed E-state index contributed by atoms with van der Waals surface area (Å²) in [6.45, 7) is 9.47. The molecule has 2 aliphatic heterocycles. The molecule has 156 valence electrons. The second-order valence-electron chi connectivity index (χ2n) is 9.80. The van der Waals surface area contributed by atoms with Crippen molar-refractivity contribution in [3.05, 3.63) is 35.5 Å². The molecule has 2 saturated heterocycles. The monoisotopic (exact) mass is 395 g/mol. The average Bonchev–Trinajstić information content (AvgIpc) is 3.01. The highest BCUT2D eigenvalue weighted by atomic mass is 16.6. The Kier molecular flexibility index (Phi) is 4.89. The van der Waals surface area contributed by atoms with Crippen LogP contribution in [0.2, 0.25) is 0 Å². The van der Waals surface area contributed by atoms with Crippen molar-refractivity contribution in [1.29, 1.82) is 0 Å². The minimum atomic E-state index is 0.0353. The van der Waals surface area contributed by atoms with Crippen molar-refractivity contribution in [3.8, 4) is 0 Å². The van der Waals surface area contributed by atoms with E-state index < -0.39 is 0 Å². The quantitative estimate of drug-likeness (QED) is 0.577. The molecule has 3 fully saturated rings. The number of carbonyl (C=O) groups is 1. The normalized spacial score (nSPS) is 35.3. The third-order valence-electron chi connectivity index (χ3n) is 7.98. The second kappa shape index (κ2) is 7.42. The number of nitrogens with zero attached hydrogens (tertiary/aromatic N) is 3. The molecule has 5 rings (SSSR count). The molecule has 1 saturated carbocycles. The van der Waals surface area contributed by atoms with E-state index in [0.29, 0.717) is 5.92 Å². The van der Waals surface area contributed by atoms with Crippen LogP contribution < -0.4 is 4.90 Å². The van der Waals surface area contributed by atoms with Gasteiger partial charge < -0.3 is 9.64 Å². The van der Waals surface area contributed by atoms with Crippen molar-refractivity contribution in [2.24, 2.45) is 17.3 Å². The minimum Gasteiger partial charge on any atom is -0.462 e. The number of piperazine rings is 1.